The van der Waals surface area contributed by atoms with Crippen LogP contribution in [0.2, 0.25) is 0 Å². The van der Waals surface area contributed by atoms with E-state index in [4.69, 9.17) is 4.42 Å². The van der Waals surface area contributed by atoms with E-state index < -0.39 is 7.92 Å². The van der Waals surface area contributed by atoms with E-state index in [1.165, 1.54) is 43.9 Å². The van der Waals surface area contributed by atoms with Gasteiger partial charge >= 0.3 is 0 Å². The summed E-state index contributed by atoms with van der Waals surface area (Å²) in [7, 11) is -0.927. The number of H-pyrrole nitrogens is 1. The molecule has 2 aromatic heterocycles. The number of rotatable bonds is 2. The highest BCUT2D eigenvalue weighted by Gasteiger charge is 2.45. The Morgan fingerprint density at radius 1 is 0.538 bits per heavy atom. The zero-order chi connectivity index (χ0) is 25.5. The minimum Gasteiger partial charge on any atom is -0.439 e. The Labute approximate surface area is 226 Å². The molecule has 4 heterocycles. The van der Waals surface area contributed by atoms with Crippen LogP contribution in [0.25, 0.3) is 21.9 Å². The molecular formula is C34H22N3OP. The van der Waals surface area contributed by atoms with E-state index in [0.717, 1.165) is 28.4 Å². The van der Waals surface area contributed by atoms with E-state index in [-0.39, 0.29) is 0 Å². The Hall–Kier alpha value is -4.79. The first kappa shape index (κ1) is 21.2. The van der Waals surface area contributed by atoms with Crippen molar-refractivity contribution in [3.8, 4) is 0 Å². The summed E-state index contributed by atoms with van der Waals surface area (Å²) < 4.78 is 6.73. The molecule has 1 atom stereocenters. The second kappa shape index (κ2) is 7.86. The van der Waals surface area contributed by atoms with Gasteiger partial charge in [-0.25, -0.2) is 0 Å². The van der Waals surface area contributed by atoms with E-state index in [2.05, 4.69) is 142 Å². The Balaban J connectivity index is 1.46. The number of aromatic nitrogens is 1. The summed E-state index contributed by atoms with van der Waals surface area (Å²) in [5.41, 5.74) is 9.20. The molecule has 184 valence electrons. The van der Waals surface area contributed by atoms with Gasteiger partial charge in [-0.15, -0.1) is 0 Å². The largest absolute Gasteiger partial charge is 0.439 e. The number of nitrogens with zero attached hydrogens (tertiary/aromatic N) is 2. The zero-order valence-electron chi connectivity index (χ0n) is 20.9. The van der Waals surface area contributed by atoms with E-state index in [9.17, 15) is 0 Å². The van der Waals surface area contributed by atoms with Crippen molar-refractivity contribution in [3.63, 3.8) is 0 Å². The van der Waals surface area contributed by atoms with Crippen molar-refractivity contribution in [2.75, 3.05) is 9.80 Å². The molecule has 4 nitrogen and oxygen atoms in total. The Bertz CT molecular complexity index is 2040. The van der Waals surface area contributed by atoms with Gasteiger partial charge < -0.3 is 14.3 Å². The third-order valence-corrected chi connectivity index (χ3v) is 10.4. The van der Waals surface area contributed by atoms with Crippen molar-refractivity contribution in [2.24, 2.45) is 0 Å². The maximum absolute atomic E-state index is 6.73. The van der Waals surface area contributed by atoms with Gasteiger partial charge in [-0.1, -0.05) is 78.9 Å². The maximum Gasteiger partial charge on any atom is 0.214 e. The van der Waals surface area contributed by atoms with Crippen LogP contribution in [0.5, 0.6) is 0 Å². The SMILES string of the molecule is c1ccc(N2c3cccc4c3P(c3[nH]c5ccccc5c3N4c3ccccc3)c3c2oc2ccccc32)cc1. The number of furan rings is 1. The molecule has 1 N–H and O–H groups in total. The second-order valence-corrected chi connectivity index (χ2v) is 12.0. The molecule has 9 rings (SSSR count). The van der Waals surface area contributed by atoms with E-state index >= 15 is 0 Å². The van der Waals surface area contributed by atoms with Crippen LogP contribution in [0, 0.1) is 0 Å². The van der Waals surface area contributed by atoms with Crippen LogP contribution < -0.4 is 25.8 Å². The molecule has 7 aromatic rings. The van der Waals surface area contributed by atoms with Crippen LogP contribution in [-0.2, 0) is 0 Å². The van der Waals surface area contributed by atoms with Crippen LogP contribution in [-0.4, -0.2) is 4.98 Å². The first-order valence-electron chi connectivity index (χ1n) is 13.1. The minimum atomic E-state index is -0.927. The number of hydrogen-bond acceptors (Lipinski definition) is 3. The number of aromatic amines is 1. The highest BCUT2D eigenvalue weighted by molar-refractivity contribution is 7.81. The molecule has 0 spiro atoms. The first-order chi connectivity index (χ1) is 19.4. The van der Waals surface area contributed by atoms with Crippen LogP contribution in [0.3, 0.4) is 0 Å². The molecule has 0 bridgehead atoms. The summed E-state index contributed by atoms with van der Waals surface area (Å²) in [6.45, 7) is 0. The van der Waals surface area contributed by atoms with Gasteiger partial charge in [0, 0.05) is 40.9 Å². The molecule has 1 unspecified atom stereocenters. The maximum atomic E-state index is 6.73. The summed E-state index contributed by atoms with van der Waals surface area (Å²) >= 11 is 0. The molecule has 0 aliphatic carbocycles. The monoisotopic (exact) mass is 519 g/mol. The zero-order valence-corrected chi connectivity index (χ0v) is 21.8. The normalized spacial score (nSPS) is 15.3. The fourth-order valence-electron chi connectivity index (χ4n) is 6.24. The molecule has 0 amide bonds. The van der Waals surface area contributed by atoms with Gasteiger partial charge in [0.15, 0.2) is 0 Å². The summed E-state index contributed by atoms with van der Waals surface area (Å²) in [6.07, 6.45) is 0. The number of para-hydroxylation sites is 4. The molecule has 0 radical (unpaired) electrons. The topological polar surface area (TPSA) is 35.4 Å². The summed E-state index contributed by atoms with van der Waals surface area (Å²) in [6, 6.07) is 45.2. The lowest BCUT2D eigenvalue weighted by atomic mass is 10.1. The lowest BCUT2D eigenvalue weighted by Crippen LogP contribution is -2.40. The van der Waals surface area contributed by atoms with Gasteiger partial charge in [0.1, 0.15) is 5.58 Å². The van der Waals surface area contributed by atoms with Gasteiger partial charge in [0.05, 0.1) is 27.8 Å². The number of hydrogen-bond donors (Lipinski definition) is 1. The van der Waals surface area contributed by atoms with E-state index in [1.54, 1.807) is 0 Å². The molecule has 2 aliphatic rings. The Kier molecular flexibility index (Phi) is 4.27. The average molecular weight is 520 g/mol. The van der Waals surface area contributed by atoms with Crippen LogP contribution >= 0.6 is 7.92 Å². The van der Waals surface area contributed by atoms with E-state index in [0.29, 0.717) is 0 Å². The second-order valence-electron chi connectivity index (χ2n) is 9.94. The predicted octanol–water partition coefficient (Wildman–Crippen LogP) is 8.24. The Morgan fingerprint density at radius 3 is 1.92 bits per heavy atom. The minimum absolute atomic E-state index is 0.913. The van der Waals surface area contributed by atoms with Crippen molar-refractivity contribution in [2.45, 2.75) is 0 Å². The Morgan fingerprint density at radius 2 is 1.15 bits per heavy atom. The summed E-state index contributed by atoms with van der Waals surface area (Å²) in [5, 5.41) is 5.02. The third-order valence-electron chi connectivity index (χ3n) is 7.81. The van der Waals surface area contributed by atoms with Crippen LogP contribution in [0.1, 0.15) is 0 Å². The average Bonchev–Trinajstić information content (AvgIpc) is 3.57. The molecule has 5 aromatic carbocycles. The molecule has 0 saturated carbocycles. The van der Waals surface area contributed by atoms with Gasteiger partial charge in [0.25, 0.3) is 0 Å². The van der Waals surface area contributed by atoms with Gasteiger partial charge in [-0.3, -0.25) is 4.90 Å². The number of nitrogens with one attached hydrogen (secondary N) is 1. The molecule has 0 saturated heterocycles. The van der Waals surface area contributed by atoms with Gasteiger partial charge in [-0.05, 0) is 48.5 Å². The fraction of sp³-hybridized carbons (Fsp3) is 0. The van der Waals surface area contributed by atoms with Crippen molar-refractivity contribution in [3.05, 3.63) is 127 Å². The third kappa shape index (κ3) is 2.81. The van der Waals surface area contributed by atoms with Crippen molar-refractivity contribution in [1.29, 1.82) is 0 Å². The smallest absolute Gasteiger partial charge is 0.214 e. The predicted molar refractivity (Wildman–Crippen MR) is 163 cm³/mol. The molecule has 0 fully saturated rings. The molecule has 39 heavy (non-hydrogen) atoms. The van der Waals surface area contributed by atoms with Crippen molar-refractivity contribution < 1.29 is 4.42 Å². The van der Waals surface area contributed by atoms with E-state index in [1.807, 2.05) is 0 Å². The first-order valence-corrected chi connectivity index (χ1v) is 14.5. The molecular weight excluding hydrogens is 497 g/mol. The highest BCUT2D eigenvalue weighted by Crippen LogP contribution is 2.59. The highest BCUT2D eigenvalue weighted by atomic mass is 31.1. The lowest BCUT2D eigenvalue weighted by molar-refractivity contribution is 0.623. The fourth-order valence-corrected chi connectivity index (χ4v) is 9.15. The molecule has 5 heteroatoms. The van der Waals surface area contributed by atoms with Gasteiger partial charge in [-0.2, -0.15) is 0 Å². The number of fused-ring (bicyclic) bond motifs is 8. The number of benzene rings is 5. The van der Waals surface area contributed by atoms with Gasteiger partial charge in [0.2, 0.25) is 5.88 Å². The van der Waals surface area contributed by atoms with Crippen LogP contribution in [0.4, 0.5) is 34.3 Å². The van der Waals surface area contributed by atoms with Crippen molar-refractivity contribution in [1.82, 2.24) is 4.98 Å². The summed E-state index contributed by atoms with van der Waals surface area (Å²) in [5.74, 6) is 0.913. The van der Waals surface area contributed by atoms with Crippen molar-refractivity contribution >= 4 is 80.2 Å². The van der Waals surface area contributed by atoms with Crippen LogP contribution in [0.15, 0.2) is 132 Å². The summed E-state index contributed by atoms with van der Waals surface area (Å²) in [4.78, 5) is 8.65. The molecule has 2 aliphatic heterocycles. The quantitative estimate of drug-likeness (QED) is 0.234. The number of anilines is 6. The standard InChI is InChI=1S/C34H22N3OP/c1-3-12-22(13-4-1)36-27-19-11-20-28-32(27)39(33-30(36)24-16-7-9-18-26(24)35-33)31-25-17-8-10-21-29(25)38-34(31)37(28)23-14-5-2-6-15-23/h1-21,35H. The lowest BCUT2D eigenvalue weighted by Gasteiger charge is -2.42.